The standard InChI is InChI=1S/C25H25N5O2S2/c1-16-6-4-7-19(12-16)27-23(31)15-34-25-29-28-22(14-26-24(32)21-8-5-11-33-21)30(25)20-13-17(2)9-10-18(20)3/h4-13H,14-15H2,1-3H3,(H,26,32)(H,27,31). The number of benzene rings is 2. The molecule has 0 saturated carbocycles. The molecule has 2 aromatic carbocycles. The second kappa shape index (κ2) is 10.7. The molecule has 0 aliphatic rings. The van der Waals surface area contributed by atoms with Crippen molar-refractivity contribution < 1.29 is 9.59 Å². The van der Waals surface area contributed by atoms with E-state index in [4.69, 9.17) is 0 Å². The van der Waals surface area contributed by atoms with Crippen molar-refractivity contribution in [1.29, 1.82) is 0 Å². The average molecular weight is 492 g/mol. The highest BCUT2D eigenvalue weighted by atomic mass is 32.2. The molecule has 0 fully saturated rings. The molecule has 4 aromatic rings. The smallest absolute Gasteiger partial charge is 0.261 e. The lowest BCUT2D eigenvalue weighted by Crippen LogP contribution is -2.24. The van der Waals surface area contributed by atoms with Crippen LogP contribution in [-0.4, -0.2) is 32.3 Å². The van der Waals surface area contributed by atoms with Gasteiger partial charge in [-0.2, -0.15) is 0 Å². The summed E-state index contributed by atoms with van der Waals surface area (Å²) in [5.41, 5.74) is 4.90. The van der Waals surface area contributed by atoms with Crippen LogP contribution in [-0.2, 0) is 11.3 Å². The second-order valence-electron chi connectivity index (χ2n) is 7.89. The molecule has 2 N–H and O–H groups in total. The Morgan fingerprint density at radius 3 is 2.59 bits per heavy atom. The Bertz CT molecular complexity index is 1310. The van der Waals surface area contributed by atoms with Gasteiger partial charge in [-0.25, -0.2) is 0 Å². The van der Waals surface area contributed by atoms with Crippen LogP contribution >= 0.6 is 23.1 Å². The van der Waals surface area contributed by atoms with E-state index < -0.39 is 0 Å². The molecule has 4 rings (SSSR count). The van der Waals surface area contributed by atoms with E-state index in [9.17, 15) is 9.59 Å². The minimum absolute atomic E-state index is 0.126. The van der Waals surface area contributed by atoms with Gasteiger partial charge in [-0.3, -0.25) is 14.2 Å². The zero-order valence-electron chi connectivity index (χ0n) is 19.2. The molecule has 0 bridgehead atoms. The van der Waals surface area contributed by atoms with E-state index >= 15 is 0 Å². The van der Waals surface area contributed by atoms with Crippen molar-refractivity contribution in [2.75, 3.05) is 11.1 Å². The molecule has 0 saturated heterocycles. The molecule has 0 radical (unpaired) electrons. The number of carbonyl (C=O) groups excluding carboxylic acids is 2. The SMILES string of the molecule is Cc1cccc(NC(=O)CSc2nnc(CNC(=O)c3cccs3)n2-c2cc(C)ccc2C)c1. The van der Waals surface area contributed by atoms with E-state index in [2.05, 4.69) is 26.9 Å². The number of thiophene rings is 1. The molecule has 2 aromatic heterocycles. The van der Waals surface area contributed by atoms with Crippen molar-refractivity contribution in [1.82, 2.24) is 20.1 Å². The number of anilines is 1. The average Bonchev–Trinajstić information content (AvgIpc) is 3.48. The second-order valence-corrected chi connectivity index (χ2v) is 9.78. The summed E-state index contributed by atoms with van der Waals surface area (Å²) in [6.45, 7) is 6.23. The number of hydrogen-bond acceptors (Lipinski definition) is 6. The third-order valence-corrected chi connectivity index (χ3v) is 6.89. The van der Waals surface area contributed by atoms with Crippen molar-refractivity contribution >= 4 is 40.6 Å². The predicted molar refractivity (Wildman–Crippen MR) is 137 cm³/mol. The quantitative estimate of drug-likeness (QED) is 0.342. The number of aryl methyl sites for hydroxylation is 3. The Kier molecular flexibility index (Phi) is 7.44. The molecule has 0 aliphatic heterocycles. The molecular weight excluding hydrogens is 466 g/mol. The summed E-state index contributed by atoms with van der Waals surface area (Å²) in [5, 5.41) is 17.0. The van der Waals surface area contributed by atoms with E-state index in [0.717, 1.165) is 28.1 Å². The van der Waals surface area contributed by atoms with Crippen LogP contribution in [0.4, 0.5) is 5.69 Å². The monoisotopic (exact) mass is 491 g/mol. The van der Waals surface area contributed by atoms with Crippen LogP contribution in [0.1, 0.15) is 32.2 Å². The van der Waals surface area contributed by atoms with E-state index in [1.54, 1.807) is 6.07 Å². The third kappa shape index (κ3) is 5.73. The highest BCUT2D eigenvalue weighted by molar-refractivity contribution is 7.99. The Hall–Kier alpha value is -3.43. The first kappa shape index (κ1) is 23.7. The van der Waals surface area contributed by atoms with E-state index in [1.165, 1.54) is 23.1 Å². The van der Waals surface area contributed by atoms with Gasteiger partial charge in [0.25, 0.3) is 5.91 Å². The zero-order valence-corrected chi connectivity index (χ0v) is 20.8. The lowest BCUT2D eigenvalue weighted by atomic mass is 10.1. The van der Waals surface area contributed by atoms with Crippen LogP contribution in [0.25, 0.3) is 5.69 Å². The van der Waals surface area contributed by atoms with Gasteiger partial charge in [0.15, 0.2) is 11.0 Å². The van der Waals surface area contributed by atoms with E-state index in [0.29, 0.717) is 15.9 Å². The number of carbonyl (C=O) groups is 2. The van der Waals surface area contributed by atoms with Gasteiger partial charge < -0.3 is 10.6 Å². The molecule has 9 heteroatoms. The zero-order chi connectivity index (χ0) is 24.1. The first-order valence-corrected chi connectivity index (χ1v) is 12.6. The van der Waals surface area contributed by atoms with Gasteiger partial charge in [0.2, 0.25) is 5.91 Å². The van der Waals surface area contributed by atoms with Crippen molar-refractivity contribution in [3.05, 3.63) is 87.4 Å². The van der Waals surface area contributed by atoms with Crippen LogP contribution in [0.5, 0.6) is 0 Å². The Balaban J connectivity index is 1.54. The van der Waals surface area contributed by atoms with Crippen molar-refractivity contribution in [3.8, 4) is 5.69 Å². The van der Waals surface area contributed by atoms with E-state index in [-0.39, 0.29) is 24.1 Å². The van der Waals surface area contributed by atoms with Crippen molar-refractivity contribution in [2.45, 2.75) is 32.5 Å². The molecule has 2 amide bonds. The maximum atomic E-state index is 12.6. The Morgan fingerprint density at radius 2 is 1.82 bits per heavy atom. The summed E-state index contributed by atoms with van der Waals surface area (Å²) in [6.07, 6.45) is 0. The van der Waals surface area contributed by atoms with Gasteiger partial charge in [0.05, 0.1) is 22.9 Å². The number of aromatic nitrogens is 3. The van der Waals surface area contributed by atoms with Gasteiger partial charge in [-0.1, -0.05) is 42.1 Å². The van der Waals surface area contributed by atoms with Gasteiger partial charge in [0, 0.05) is 5.69 Å². The molecule has 34 heavy (non-hydrogen) atoms. The largest absolute Gasteiger partial charge is 0.344 e. The lowest BCUT2D eigenvalue weighted by molar-refractivity contribution is -0.113. The minimum atomic E-state index is -0.155. The van der Waals surface area contributed by atoms with Gasteiger partial charge in [-0.05, 0) is 67.1 Å². The van der Waals surface area contributed by atoms with Crippen LogP contribution in [0.3, 0.4) is 0 Å². The van der Waals surface area contributed by atoms with Crippen LogP contribution in [0, 0.1) is 20.8 Å². The first-order chi connectivity index (χ1) is 16.4. The normalized spacial score (nSPS) is 10.8. The van der Waals surface area contributed by atoms with Crippen LogP contribution in [0.2, 0.25) is 0 Å². The number of hydrogen-bond donors (Lipinski definition) is 2. The maximum Gasteiger partial charge on any atom is 0.261 e. The van der Waals surface area contributed by atoms with Crippen LogP contribution in [0.15, 0.2) is 65.1 Å². The number of nitrogens with one attached hydrogen (secondary N) is 2. The maximum absolute atomic E-state index is 12.6. The van der Waals surface area contributed by atoms with Gasteiger partial charge in [-0.15, -0.1) is 21.5 Å². The summed E-state index contributed by atoms with van der Waals surface area (Å²) in [4.78, 5) is 25.7. The Labute approximate surface area is 206 Å². The van der Waals surface area contributed by atoms with Crippen molar-refractivity contribution in [2.24, 2.45) is 0 Å². The fraction of sp³-hybridized carbons (Fsp3) is 0.200. The molecule has 0 atom stereocenters. The third-order valence-electron chi connectivity index (χ3n) is 5.09. The summed E-state index contributed by atoms with van der Waals surface area (Å²) in [5.74, 6) is 0.495. The number of thioether (sulfide) groups is 1. The first-order valence-electron chi connectivity index (χ1n) is 10.7. The fourth-order valence-electron chi connectivity index (χ4n) is 3.41. The lowest BCUT2D eigenvalue weighted by Gasteiger charge is -2.14. The molecule has 174 valence electrons. The van der Waals surface area contributed by atoms with Crippen LogP contribution < -0.4 is 10.6 Å². The summed E-state index contributed by atoms with van der Waals surface area (Å²) in [6, 6.07) is 17.4. The summed E-state index contributed by atoms with van der Waals surface area (Å²) < 4.78 is 1.92. The number of amides is 2. The highest BCUT2D eigenvalue weighted by Gasteiger charge is 2.18. The fourth-order valence-corrected chi connectivity index (χ4v) is 4.82. The Morgan fingerprint density at radius 1 is 1.00 bits per heavy atom. The predicted octanol–water partition coefficient (Wildman–Crippen LogP) is 4.91. The molecule has 0 unspecified atom stereocenters. The molecular formula is C25H25N5O2S2. The molecule has 0 aliphatic carbocycles. The minimum Gasteiger partial charge on any atom is -0.344 e. The number of rotatable bonds is 8. The summed E-state index contributed by atoms with van der Waals surface area (Å²) in [7, 11) is 0. The van der Waals surface area contributed by atoms with E-state index in [1.807, 2.05) is 73.2 Å². The molecule has 2 heterocycles. The van der Waals surface area contributed by atoms with Gasteiger partial charge in [0.1, 0.15) is 0 Å². The topological polar surface area (TPSA) is 88.9 Å². The highest BCUT2D eigenvalue weighted by Crippen LogP contribution is 2.25. The molecule has 7 nitrogen and oxygen atoms in total. The summed E-state index contributed by atoms with van der Waals surface area (Å²) >= 11 is 2.69. The number of nitrogens with zero attached hydrogens (tertiary/aromatic N) is 3. The molecule has 0 spiro atoms. The van der Waals surface area contributed by atoms with Crippen molar-refractivity contribution in [3.63, 3.8) is 0 Å². The van der Waals surface area contributed by atoms with Gasteiger partial charge >= 0.3 is 0 Å².